The molecular weight excluding hydrogens is 266 g/mol. The number of urea groups is 1. The van der Waals surface area contributed by atoms with Gasteiger partial charge in [0.05, 0.1) is 18.2 Å². The van der Waals surface area contributed by atoms with E-state index in [9.17, 15) is 4.79 Å². The van der Waals surface area contributed by atoms with Gasteiger partial charge in [-0.2, -0.15) is 5.26 Å². The van der Waals surface area contributed by atoms with E-state index in [0.29, 0.717) is 25.2 Å². The predicted octanol–water partition coefficient (Wildman–Crippen LogP) is 1.45. The summed E-state index contributed by atoms with van der Waals surface area (Å²) >= 11 is 0. The number of aromatic nitrogens is 2. The number of aryl methyl sites for hydroxylation is 1. The van der Waals surface area contributed by atoms with Crippen LogP contribution in [0.2, 0.25) is 0 Å². The Morgan fingerprint density at radius 2 is 2.29 bits per heavy atom. The number of carbonyl (C=O) groups excluding carboxylic acids is 1. The standard InChI is InChI=1S/C15H15N5O/c1-11-14(18-10-17-11)9-19-5-6-20(15(19)21)13-4-2-3-12(7-13)8-16/h2-4,7,10H,5-6,9H2,1H3,(H,17,18)/p+1. The number of carbonyl (C=O) groups is 1. The topological polar surface area (TPSA) is 77.3 Å². The molecule has 1 aromatic heterocycles. The summed E-state index contributed by atoms with van der Waals surface area (Å²) in [5, 5.41) is 8.95. The number of amides is 2. The Balaban J connectivity index is 1.77. The Hall–Kier alpha value is -2.81. The lowest BCUT2D eigenvalue weighted by Crippen LogP contribution is -2.32. The molecule has 6 heteroatoms. The summed E-state index contributed by atoms with van der Waals surface area (Å²) in [6.45, 7) is 3.84. The number of H-pyrrole nitrogens is 2. The second kappa shape index (κ2) is 5.29. The lowest BCUT2D eigenvalue weighted by Gasteiger charge is -2.17. The van der Waals surface area contributed by atoms with Gasteiger partial charge in [-0.3, -0.25) is 4.90 Å². The molecular formula is C15H16N5O+. The summed E-state index contributed by atoms with van der Waals surface area (Å²) in [5.41, 5.74) is 3.38. The molecule has 3 rings (SSSR count). The highest BCUT2D eigenvalue weighted by atomic mass is 16.2. The molecule has 0 atom stereocenters. The third-order valence-corrected chi connectivity index (χ3v) is 3.72. The van der Waals surface area contributed by atoms with Gasteiger partial charge in [-0.05, 0) is 18.2 Å². The minimum atomic E-state index is -0.0286. The van der Waals surface area contributed by atoms with Crippen molar-refractivity contribution in [3.63, 3.8) is 0 Å². The minimum absolute atomic E-state index is 0.0286. The van der Waals surface area contributed by atoms with Crippen LogP contribution >= 0.6 is 0 Å². The largest absolute Gasteiger partial charge is 0.325 e. The number of rotatable bonds is 3. The quantitative estimate of drug-likeness (QED) is 0.925. The lowest BCUT2D eigenvalue weighted by molar-refractivity contribution is -0.389. The fraction of sp³-hybridized carbons (Fsp3) is 0.267. The van der Waals surface area contributed by atoms with Crippen LogP contribution in [0.5, 0.6) is 0 Å². The molecule has 21 heavy (non-hydrogen) atoms. The second-order valence-electron chi connectivity index (χ2n) is 5.05. The number of aromatic amines is 2. The molecule has 2 aromatic rings. The molecule has 0 spiro atoms. The summed E-state index contributed by atoms with van der Waals surface area (Å²) in [6.07, 6.45) is 1.76. The highest BCUT2D eigenvalue weighted by Crippen LogP contribution is 2.22. The third-order valence-electron chi connectivity index (χ3n) is 3.72. The van der Waals surface area contributed by atoms with Gasteiger partial charge in [-0.25, -0.2) is 14.8 Å². The third kappa shape index (κ3) is 2.46. The number of benzene rings is 1. The number of imidazole rings is 1. The van der Waals surface area contributed by atoms with E-state index in [1.807, 2.05) is 13.0 Å². The Kier molecular flexibility index (Phi) is 3.32. The Bertz CT molecular complexity index is 715. The van der Waals surface area contributed by atoms with Gasteiger partial charge in [0.1, 0.15) is 5.69 Å². The minimum Gasteiger partial charge on any atom is -0.314 e. The Morgan fingerprint density at radius 1 is 1.43 bits per heavy atom. The molecule has 0 bridgehead atoms. The van der Waals surface area contributed by atoms with Crippen LogP contribution in [-0.2, 0) is 6.54 Å². The first kappa shape index (κ1) is 13.2. The average Bonchev–Trinajstić information content (AvgIpc) is 3.07. The maximum Gasteiger partial charge on any atom is 0.325 e. The summed E-state index contributed by atoms with van der Waals surface area (Å²) in [7, 11) is 0. The van der Waals surface area contributed by atoms with Gasteiger partial charge < -0.3 is 4.90 Å². The molecule has 1 fully saturated rings. The number of nitrogens with zero attached hydrogens (tertiary/aromatic N) is 3. The highest BCUT2D eigenvalue weighted by Gasteiger charge is 2.31. The maximum atomic E-state index is 12.5. The van der Waals surface area contributed by atoms with Crippen LogP contribution in [0.4, 0.5) is 10.5 Å². The molecule has 6 nitrogen and oxygen atoms in total. The van der Waals surface area contributed by atoms with Crippen molar-refractivity contribution in [2.45, 2.75) is 13.5 Å². The van der Waals surface area contributed by atoms with Crippen LogP contribution in [0, 0.1) is 18.3 Å². The number of nitrogens with one attached hydrogen (secondary N) is 2. The fourth-order valence-electron chi connectivity index (χ4n) is 2.49. The molecule has 106 valence electrons. The molecule has 0 saturated carbocycles. The molecule has 2 heterocycles. The summed E-state index contributed by atoms with van der Waals surface area (Å²) < 4.78 is 0. The number of hydrogen-bond donors (Lipinski definition) is 1. The van der Waals surface area contributed by atoms with Gasteiger partial charge in [-0.15, -0.1) is 0 Å². The van der Waals surface area contributed by atoms with Gasteiger partial charge in [-0.1, -0.05) is 6.07 Å². The molecule has 0 aliphatic carbocycles. The molecule has 1 saturated heterocycles. The first-order valence-corrected chi connectivity index (χ1v) is 6.80. The van der Waals surface area contributed by atoms with Crippen LogP contribution < -0.4 is 9.88 Å². The average molecular weight is 282 g/mol. The van der Waals surface area contributed by atoms with Crippen LogP contribution in [0.15, 0.2) is 30.6 Å². The lowest BCUT2D eigenvalue weighted by atomic mass is 10.2. The summed E-state index contributed by atoms with van der Waals surface area (Å²) in [6, 6.07) is 9.21. The van der Waals surface area contributed by atoms with Crippen molar-refractivity contribution in [1.82, 2.24) is 9.88 Å². The maximum absolute atomic E-state index is 12.5. The van der Waals surface area contributed by atoms with E-state index >= 15 is 0 Å². The SMILES string of the molecule is Cc1[nH]c[nH+]c1CN1CCN(c2cccc(C#N)c2)C1=O. The zero-order chi connectivity index (χ0) is 14.8. The number of hydrogen-bond acceptors (Lipinski definition) is 2. The van der Waals surface area contributed by atoms with E-state index in [1.165, 1.54) is 0 Å². The predicted molar refractivity (Wildman–Crippen MR) is 76.4 cm³/mol. The van der Waals surface area contributed by atoms with E-state index in [0.717, 1.165) is 17.1 Å². The van der Waals surface area contributed by atoms with Crippen molar-refractivity contribution in [3.8, 4) is 6.07 Å². The summed E-state index contributed by atoms with van der Waals surface area (Å²) in [4.78, 5) is 22.2. The van der Waals surface area contributed by atoms with E-state index in [4.69, 9.17) is 5.26 Å². The first-order valence-electron chi connectivity index (χ1n) is 6.80. The summed E-state index contributed by atoms with van der Waals surface area (Å²) in [5.74, 6) is 0. The molecule has 1 aliphatic heterocycles. The van der Waals surface area contributed by atoms with Crippen molar-refractivity contribution in [1.29, 1.82) is 5.26 Å². The normalized spacial score (nSPS) is 14.6. The van der Waals surface area contributed by atoms with Crippen molar-refractivity contribution >= 4 is 11.7 Å². The van der Waals surface area contributed by atoms with Crippen molar-refractivity contribution in [2.75, 3.05) is 18.0 Å². The Morgan fingerprint density at radius 3 is 3.00 bits per heavy atom. The van der Waals surface area contributed by atoms with Gasteiger partial charge in [0.25, 0.3) is 0 Å². The number of anilines is 1. The van der Waals surface area contributed by atoms with E-state index in [2.05, 4.69) is 16.0 Å². The zero-order valence-corrected chi connectivity index (χ0v) is 11.8. The fourth-order valence-corrected chi connectivity index (χ4v) is 2.49. The second-order valence-corrected chi connectivity index (χ2v) is 5.05. The first-order chi connectivity index (χ1) is 10.2. The van der Waals surface area contributed by atoms with E-state index in [-0.39, 0.29) is 6.03 Å². The zero-order valence-electron chi connectivity index (χ0n) is 11.8. The van der Waals surface area contributed by atoms with Crippen LogP contribution in [0.25, 0.3) is 0 Å². The van der Waals surface area contributed by atoms with Crippen LogP contribution in [0.1, 0.15) is 17.0 Å². The van der Waals surface area contributed by atoms with Crippen molar-refractivity contribution < 1.29 is 9.78 Å². The van der Waals surface area contributed by atoms with Gasteiger partial charge in [0.15, 0.2) is 5.69 Å². The van der Waals surface area contributed by atoms with Gasteiger partial charge in [0, 0.05) is 25.7 Å². The van der Waals surface area contributed by atoms with E-state index in [1.54, 1.807) is 34.3 Å². The molecule has 1 aliphatic rings. The molecule has 2 N–H and O–H groups in total. The van der Waals surface area contributed by atoms with Crippen LogP contribution in [0.3, 0.4) is 0 Å². The number of nitriles is 1. The van der Waals surface area contributed by atoms with Crippen molar-refractivity contribution in [2.24, 2.45) is 0 Å². The monoisotopic (exact) mass is 282 g/mol. The molecule has 0 unspecified atom stereocenters. The molecule has 1 aromatic carbocycles. The van der Waals surface area contributed by atoms with Crippen LogP contribution in [-0.4, -0.2) is 29.0 Å². The van der Waals surface area contributed by atoms with Crippen molar-refractivity contribution in [3.05, 3.63) is 47.5 Å². The molecule has 2 amide bonds. The van der Waals surface area contributed by atoms with E-state index < -0.39 is 0 Å². The smallest absolute Gasteiger partial charge is 0.314 e. The highest BCUT2D eigenvalue weighted by molar-refractivity contribution is 5.94. The molecule has 0 radical (unpaired) electrons. The van der Waals surface area contributed by atoms with Gasteiger partial charge >= 0.3 is 6.03 Å². The van der Waals surface area contributed by atoms with Gasteiger partial charge in [0.2, 0.25) is 6.33 Å². The Labute approximate surface area is 122 Å².